The van der Waals surface area contributed by atoms with Crippen LogP contribution in [-0.4, -0.2) is 21.7 Å². The summed E-state index contributed by atoms with van der Waals surface area (Å²) in [7, 11) is 0. The van der Waals surface area contributed by atoms with E-state index in [0.29, 0.717) is 12.1 Å². The lowest BCUT2D eigenvalue weighted by Gasteiger charge is -2.22. The van der Waals surface area contributed by atoms with Crippen molar-refractivity contribution in [3.8, 4) is 11.5 Å². The molecule has 0 bridgehead atoms. The van der Waals surface area contributed by atoms with Gasteiger partial charge in [-0.1, -0.05) is 0 Å². The molecule has 23 heavy (non-hydrogen) atoms. The van der Waals surface area contributed by atoms with Gasteiger partial charge in [-0.05, 0) is 35.9 Å². The van der Waals surface area contributed by atoms with Crippen molar-refractivity contribution in [3.05, 3.63) is 63.7 Å². The number of nitro benzene ring substituents is 1. The Morgan fingerprint density at radius 1 is 1.26 bits per heavy atom. The summed E-state index contributed by atoms with van der Waals surface area (Å²) in [4.78, 5) is 10.3. The summed E-state index contributed by atoms with van der Waals surface area (Å²) in [6, 6.07) is 10.5. The third kappa shape index (κ3) is 2.84. The zero-order chi connectivity index (χ0) is 16.6. The molecule has 0 amide bonds. The maximum absolute atomic E-state index is 10.7. The maximum atomic E-state index is 10.7. The number of non-ortho nitro benzene ring substituents is 1. The molecule has 7 heteroatoms. The Kier molecular flexibility index (Phi) is 3.67. The highest BCUT2D eigenvalue weighted by atomic mass is 16.6. The van der Waals surface area contributed by atoms with E-state index < -0.39 is 10.6 Å². The van der Waals surface area contributed by atoms with Crippen LogP contribution in [0.1, 0.15) is 24.2 Å². The zero-order valence-corrected chi connectivity index (χ0v) is 12.5. The molecule has 2 atom stereocenters. The highest BCUT2D eigenvalue weighted by molar-refractivity contribution is 5.41. The fourth-order valence-corrected chi connectivity index (χ4v) is 2.83. The van der Waals surface area contributed by atoms with E-state index in [4.69, 9.17) is 4.74 Å². The molecule has 0 spiro atoms. The molecule has 7 nitrogen and oxygen atoms in total. The first kappa shape index (κ1) is 15.3. The van der Waals surface area contributed by atoms with Crippen molar-refractivity contribution in [3.63, 3.8) is 0 Å². The summed E-state index contributed by atoms with van der Waals surface area (Å²) in [5, 5.41) is 32.3. The highest BCUT2D eigenvalue weighted by Gasteiger charge is 2.44. The average Bonchev–Trinajstić information content (AvgIpc) is 2.93. The summed E-state index contributed by atoms with van der Waals surface area (Å²) in [5.41, 5.74) is 0.510. The molecule has 0 radical (unpaired) electrons. The number of nitrogens with two attached hydrogens (primary N) is 1. The molecule has 1 aliphatic rings. The van der Waals surface area contributed by atoms with E-state index in [1.54, 1.807) is 12.1 Å². The van der Waals surface area contributed by atoms with Crippen LogP contribution in [0.2, 0.25) is 0 Å². The molecule has 1 heterocycles. The SMILES string of the molecule is C[C@@]1(c2cc(O)ccc2O)[NH2+]C[C@H](c2ccc([N+](=O)[O-])cc2)O1. The van der Waals surface area contributed by atoms with Crippen LogP contribution >= 0.6 is 0 Å². The Morgan fingerprint density at radius 3 is 2.61 bits per heavy atom. The summed E-state index contributed by atoms with van der Waals surface area (Å²) >= 11 is 0. The summed E-state index contributed by atoms with van der Waals surface area (Å²) in [5.74, 6) is 0.0979. The van der Waals surface area contributed by atoms with Gasteiger partial charge < -0.3 is 20.3 Å². The van der Waals surface area contributed by atoms with E-state index in [0.717, 1.165) is 5.56 Å². The Labute approximate surface area is 132 Å². The summed E-state index contributed by atoms with van der Waals surface area (Å²) in [6.45, 7) is 2.41. The first-order valence-corrected chi connectivity index (χ1v) is 7.18. The second-order valence-corrected chi connectivity index (χ2v) is 5.70. The van der Waals surface area contributed by atoms with Crippen LogP contribution in [0, 0.1) is 10.1 Å². The van der Waals surface area contributed by atoms with Crippen LogP contribution < -0.4 is 5.32 Å². The molecular weight excluding hydrogens is 300 g/mol. The number of hydrogen-bond donors (Lipinski definition) is 3. The van der Waals surface area contributed by atoms with Gasteiger partial charge in [0.2, 0.25) is 5.72 Å². The van der Waals surface area contributed by atoms with Gasteiger partial charge >= 0.3 is 0 Å². The first-order valence-electron chi connectivity index (χ1n) is 7.18. The van der Waals surface area contributed by atoms with Gasteiger partial charge in [0.25, 0.3) is 5.69 Å². The van der Waals surface area contributed by atoms with E-state index >= 15 is 0 Å². The molecule has 1 saturated heterocycles. The number of rotatable bonds is 3. The highest BCUT2D eigenvalue weighted by Crippen LogP contribution is 2.36. The van der Waals surface area contributed by atoms with Crippen molar-refractivity contribution in [2.45, 2.75) is 18.8 Å². The molecule has 4 N–H and O–H groups in total. The molecule has 0 aliphatic carbocycles. The van der Waals surface area contributed by atoms with Gasteiger partial charge in [0.05, 0.1) is 10.5 Å². The number of phenolic OH excluding ortho intramolecular Hbond substituents is 2. The Morgan fingerprint density at radius 2 is 1.96 bits per heavy atom. The van der Waals surface area contributed by atoms with E-state index in [1.165, 1.54) is 30.3 Å². The zero-order valence-electron chi connectivity index (χ0n) is 12.5. The molecule has 1 fully saturated rings. The molecule has 1 aliphatic heterocycles. The monoisotopic (exact) mass is 317 g/mol. The number of benzene rings is 2. The van der Waals surface area contributed by atoms with Gasteiger partial charge in [-0.3, -0.25) is 10.1 Å². The molecule has 0 aromatic heterocycles. The standard InChI is InChI=1S/C16H16N2O5/c1-16(13-8-12(19)6-7-14(13)20)17-9-15(23-16)10-2-4-11(5-3-10)18(21)22/h2-8,15,17,19-20H,9H2,1H3/p+1/t15-,16-/m1/s1. The first-order chi connectivity index (χ1) is 10.9. The van der Waals surface area contributed by atoms with Crippen LogP contribution in [0.15, 0.2) is 42.5 Å². The topological polar surface area (TPSA) is 109 Å². The van der Waals surface area contributed by atoms with E-state index in [2.05, 4.69) is 0 Å². The third-order valence-electron chi connectivity index (χ3n) is 4.10. The van der Waals surface area contributed by atoms with Crippen LogP contribution in [-0.2, 0) is 10.5 Å². The van der Waals surface area contributed by atoms with Crippen molar-refractivity contribution in [2.75, 3.05) is 6.54 Å². The second-order valence-electron chi connectivity index (χ2n) is 5.70. The van der Waals surface area contributed by atoms with Gasteiger partial charge in [-0.15, -0.1) is 0 Å². The minimum atomic E-state index is -0.838. The lowest BCUT2D eigenvalue weighted by molar-refractivity contribution is -0.740. The summed E-state index contributed by atoms with van der Waals surface area (Å²) < 4.78 is 6.06. The molecule has 0 unspecified atom stereocenters. The molecule has 3 rings (SSSR count). The van der Waals surface area contributed by atoms with Crippen molar-refractivity contribution in [1.82, 2.24) is 0 Å². The smallest absolute Gasteiger partial charge is 0.269 e. The normalized spacial score (nSPS) is 23.8. The van der Waals surface area contributed by atoms with Gasteiger partial charge in [0, 0.05) is 19.1 Å². The van der Waals surface area contributed by atoms with Crippen LogP contribution in [0.5, 0.6) is 11.5 Å². The van der Waals surface area contributed by atoms with E-state index in [1.807, 2.05) is 12.2 Å². The van der Waals surface area contributed by atoms with E-state index in [-0.39, 0.29) is 23.3 Å². The number of ether oxygens (including phenoxy) is 1. The molecule has 2 aromatic rings. The van der Waals surface area contributed by atoms with Crippen LogP contribution in [0.25, 0.3) is 0 Å². The van der Waals surface area contributed by atoms with Crippen molar-refractivity contribution in [1.29, 1.82) is 0 Å². The predicted molar refractivity (Wildman–Crippen MR) is 80.8 cm³/mol. The minimum Gasteiger partial charge on any atom is -0.508 e. The molecular formula is C16H17N2O5+. The fourth-order valence-electron chi connectivity index (χ4n) is 2.83. The fraction of sp³-hybridized carbons (Fsp3) is 0.250. The summed E-state index contributed by atoms with van der Waals surface area (Å²) in [6.07, 6.45) is -0.262. The van der Waals surface area contributed by atoms with Gasteiger partial charge in [-0.25, -0.2) is 0 Å². The average molecular weight is 317 g/mol. The number of aromatic hydroxyl groups is 2. The Bertz CT molecular complexity index is 747. The third-order valence-corrected chi connectivity index (χ3v) is 4.10. The number of nitro groups is 1. The molecule has 0 saturated carbocycles. The minimum absolute atomic E-state index is 0.0316. The number of nitrogens with zero attached hydrogens (tertiary/aromatic N) is 1. The Hall–Kier alpha value is -2.64. The van der Waals surface area contributed by atoms with Crippen molar-refractivity contribution >= 4 is 5.69 Å². The van der Waals surface area contributed by atoms with Gasteiger partial charge in [0.15, 0.2) is 0 Å². The second kappa shape index (κ2) is 5.53. The number of phenols is 2. The predicted octanol–water partition coefficient (Wildman–Crippen LogP) is 1.51. The Balaban J connectivity index is 1.84. The van der Waals surface area contributed by atoms with Crippen LogP contribution in [0.3, 0.4) is 0 Å². The van der Waals surface area contributed by atoms with Crippen molar-refractivity contribution in [2.24, 2.45) is 0 Å². The largest absolute Gasteiger partial charge is 0.508 e. The molecule has 120 valence electrons. The lowest BCUT2D eigenvalue weighted by Crippen LogP contribution is -2.91. The number of quaternary nitrogens is 1. The number of hydrogen-bond acceptors (Lipinski definition) is 5. The van der Waals surface area contributed by atoms with Gasteiger partial charge in [-0.2, -0.15) is 0 Å². The maximum Gasteiger partial charge on any atom is 0.269 e. The van der Waals surface area contributed by atoms with Crippen molar-refractivity contribution < 1.29 is 25.2 Å². The van der Waals surface area contributed by atoms with E-state index in [9.17, 15) is 20.3 Å². The van der Waals surface area contributed by atoms with Gasteiger partial charge in [0.1, 0.15) is 24.1 Å². The van der Waals surface area contributed by atoms with Crippen LogP contribution in [0.4, 0.5) is 5.69 Å². The quantitative estimate of drug-likeness (QED) is 0.451. The molecule has 2 aromatic carbocycles. The lowest BCUT2D eigenvalue weighted by atomic mass is 10.0.